The third kappa shape index (κ3) is 2.03. The van der Waals surface area contributed by atoms with E-state index in [1.807, 2.05) is 22.6 Å². The van der Waals surface area contributed by atoms with Gasteiger partial charge in [-0.15, -0.1) is 0 Å². The molecule has 0 amide bonds. The summed E-state index contributed by atoms with van der Waals surface area (Å²) in [6, 6.07) is 1.24. The summed E-state index contributed by atoms with van der Waals surface area (Å²) in [7, 11) is 0. The number of halogens is 4. The van der Waals surface area contributed by atoms with Crippen molar-refractivity contribution >= 4 is 38.5 Å². The molecule has 12 heavy (non-hydrogen) atoms. The zero-order chi connectivity index (χ0) is 9.30. The van der Waals surface area contributed by atoms with Crippen molar-refractivity contribution in [1.29, 1.82) is 0 Å². The fraction of sp³-hybridized carbons (Fsp3) is 0.167. The van der Waals surface area contributed by atoms with E-state index in [4.69, 9.17) is 5.11 Å². The summed E-state index contributed by atoms with van der Waals surface area (Å²) in [6.45, 7) is 0. The molecule has 0 saturated carbocycles. The first-order chi connectivity index (χ1) is 5.52. The predicted molar refractivity (Wildman–Crippen MR) is 51.3 cm³/mol. The second kappa shape index (κ2) is 3.82. The molecule has 66 valence electrons. The number of alkyl halides is 2. The standard InChI is InChI=1S/C6H3BrF2INO/c7-5-2(10)1-3(12)4(11-5)6(8)9/h1,6,12H. The van der Waals surface area contributed by atoms with E-state index in [-0.39, 0.29) is 0 Å². The van der Waals surface area contributed by atoms with Crippen molar-refractivity contribution in [3.8, 4) is 5.75 Å². The molecule has 0 aliphatic carbocycles. The Morgan fingerprint density at radius 2 is 2.17 bits per heavy atom. The monoisotopic (exact) mass is 349 g/mol. The molecule has 1 heterocycles. The highest BCUT2D eigenvalue weighted by molar-refractivity contribution is 14.1. The van der Waals surface area contributed by atoms with Gasteiger partial charge in [-0.1, -0.05) is 0 Å². The van der Waals surface area contributed by atoms with Gasteiger partial charge in [-0.3, -0.25) is 0 Å². The smallest absolute Gasteiger partial charge is 0.284 e. The predicted octanol–water partition coefficient (Wildman–Crippen LogP) is 3.09. The molecule has 0 bridgehead atoms. The molecule has 0 aliphatic rings. The van der Waals surface area contributed by atoms with Crippen molar-refractivity contribution in [3.05, 3.63) is 19.9 Å². The Hall–Kier alpha value is 0.0200. The average molecular weight is 350 g/mol. The normalized spacial score (nSPS) is 10.8. The van der Waals surface area contributed by atoms with Gasteiger partial charge in [-0.2, -0.15) is 0 Å². The van der Waals surface area contributed by atoms with Crippen molar-refractivity contribution in [2.24, 2.45) is 0 Å². The number of pyridine rings is 1. The molecule has 0 aromatic carbocycles. The third-order valence-electron chi connectivity index (χ3n) is 1.15. The number of rotatable bonds is 1. The molecular formula is C6H3BrF2INO. The van der Waals surface area contributed by atoms with Gasteiger partial charge in [-0.05, 0) is 44.6 Å². The fourth-order valence-corrected chi connectivity index (χ4v) is 1.35. The van der Waals surface area contributed by atoms with Crippen LogP contribution < -0.4 is 0 Å². The molecule has 0 radical (unpaired) electrons. The first-order valence-corrected chi connectivity index (χ1v) is 4.72. The van der Waals surface area contributed by atoms with Crippen molar-refractivity contribution < 1.29 is 13.9 Å². The van der Waals surface area contributed by atoms with Gasteiger partial charge in [0.25, 0.3) is 6.43 Å². The number of hydrogen-bond acceptors (Lipinski definition) is 2. The van der Waals surface area contributed by atoms with E-state index in [1.165, 1.54) is 6.07 Å². The molecule has 2 nitrogen and oxygen atoms in total. The molecule has 0 fully saturated rings. The van der Waals surface area contributed by atoms with E-state index in [9.17, 15) is 8.78 Å². The number of aromatic hydroxyl groups is 1. The molecule has 1 N–H and O–H groups in total. The van der Waals surface area contributed by atoms with Gasteiger partial charge in [0.15, 0.2) is 0 Å². The summed E-state index contributed by atoms with van der Waals surface area (Å²) in [5.41, 5.74) is -0.595. The van der Waals surface area contributed by atoms with Crippen LogP contribution in [0.15, 0.2) is 10.7 Å². The van der Waals surface area contributed by atoms with Crippen LogP contribution in [0.4, 0.5) is 8.78 Å². The SMILES string of the molecule is Oc1cc(I)c(Br)nc1C(F)F. The number of nitrogens with zero attached hydrogens (tertiary/aromatic N) is 1. The molecule has 0 atom stereocenters. The topological polar surface area (TPSA) is 33.1 Å². The molecule has 1 rings (SSSR count). The lowest BCUT2D eigenvalue weighted by Gasteiger charge is -2.03. The van der Waals surface area contributed by atoms with Gasteiger partial charge in [0, 0.05) is 3.57 Å². The van der Waals surface area contributed by atoms with Crippen LogP contribution in [0.3, 0.4) is 0 Å². The number of aromatic nitrogens is 1. The zero-order valence-electron chi connectivity index (χ0n) is 5.56. The fourth-order valence-electron chi connectivity index (χ4n) is 0.631. The average Bonchev–Trinajstić information content (AvgIpc) is 1.96. The molecule has 0 saturated heterocycles. The lowest BCUT2D eigenvalue weighted by Crippen LogP contribution is -1.93. The van der Waals surface area contributed by atoms with E-state index in [2.05, 4.69) is 20.9 Å². The highest BCUT2D eigenvalue weighted by Crippen LogP contribution is 2.30. The van der Waals surface area contributed by atoms with Crippen LogP contribution in [-0.4, -0.2) is 10.1 Å². The Bertz CT molecular complexity index is 308. The highest BCUT2D eigenvalue weighted by atomic mass is 127. The Kier molecular flexibility index (Phi) is 3.22. The molecule has 0 spiro atoms. The van der Waals surface area contributed by atoms with E-state index >= 15 is 0 Å². The summed E-state index contributed by atoms with van der Waals surface area (Å²) in [6.07, 6.45) is -2.75. The van der Waals surface area contributed by atoms with Gasteiger partial charge in [0.2, 0.25) is 0 Å². The van der Waals surface area contributed by atoms with Crippen LogP contribution >= 0.6 is 38.5 Å². The zero-order valence-corrected chi connectivity index (χ0v) is 9.30. The van der Waals surface area contributed by atoms with Gasteiger partial charge in [0.05, 0.1) is 0 Å². The van der Waals surface area contributed by atoms with E-state index in [0.29, 0.717) is 8.17 Å². The maximum atomic E-state index is 12.1. The quantitative estimate of drug-likeness (QED) is 0.624. The summed E-state index contributed by atoms with van der Waals surface area (Å²) in [4.78, 5) is 3.48. The summed E-state index contributed by atoms with van der Waals surface area (Å²) < 4.78 is 25.1. The first-order valence-electron chi connectivity index (χ1n) is 2.85. The Balaban J connectivity index is 3.23. The van der Waals surface area contributed by atoms with Crippen molar-refractivity contribution in [2.45, 2.75) is 6.43 Å². The maximum Gasteiger partial charge on any atom is 0.284 e. The van der Waals surface area contributed by atoms with E-state index < -0.39 is 17.9 Å². The minimum Gasteiger partial charge on any atom is -0.506 e. The van der Waals surface area contributed by atoms with Crippen LogP contribution in [0.5, 0.6) is 5.75 Å². The van der Waals surface area contributed by atoms with Gasteiger partial charge in [-0.25, -0.2) is 13.8 Å². The minimum absolute atomic E-state index is 0.316. The van der Waals surface area contributed by atoms with Crippen molar-refractivity contribution in [2.75, 3.05) is 0 Å². The van der Waals surface area contributed by atoms with Gasteiger partial charge < -0.3 is 5.11 Å². The van der Waals surface area contributed by atoms with E-state index in [0.717, 1.165) is 0 Å². The molecule has 6 heteroatoms. The summed E-state index contributed by atoms with van der Waals surface area (Å²) in [5.74, 6) is -0.474. The lowest BCUT2D eigenvalue weighted by molar-refractivity contribution is 0.141. The molecule has 0 aliphatic heterocycles. The Morgan fingerprint density at radius 1 is 1.58 bits per heavy atom. The summed E-state index contributed by atoms with van der Waals surface area (Å²) >= 11 is 4.86. The second-order valence-electron chi connectivity index (χ2n) is 1.97. The molecule has 1 aromatic rings. The minimum atomic E-state index is -2.75. The first kappa shape index (κ1) is 10.1. The van der Waals surface area contributed by atoms with Crippen LogP contribution in [0.1, 0.15) is 12.1 Å². The molecule has 0 unspecified atom stereocenters. The number of hydrogen-bond donors (Lipinski definition) is 1. The second-order valence-corrected chi connectivity index (χ2v) is 3.88. The third-order valence-corrected chi connectivity index (χ3v) is 3.32. The van der Waals surface area contributed by atoms with Crippen molar-refractivity contribution in [3.63, 3.8) is 0 Å². The van der Waals surface area contributed by atoms with Crippen LogP contribution in [-0.2, 0) is 0 Å². The largest absolute Gasteiger partial charge is 0.506 e. The maximum absolute atomic E-state index is 12.1. The van der Waals surface area contributed by atoms with Crippen LogP contribution in [0.25, 0.3) is 0 Å². The highest BCUT2D eigenvalue weighted by Gasteiger charge is 2.16. The van der Waals surface area contributed by atoms with Crippen LogP contribution in [0.2, 0.25) is 0 Å². The van der Waals surface area contributed by atoms with Gasteiger partial charge >= 0.3 is 0 Å². The lowest BCUT2D eigenvalue weighted by atomic mass is 10.3. The van der Waals surface area contributed by atoms with E-state index in [1.54, 1.807) is 0 Å². The Morgan fingerprint density at radius 3 is 2.67 bits per heavy atom. The van der Waals surface area contributed by atoms with Crippen LogP contribution in [0, 0.1) is 3.57 Å². The Labute approximate surface area is 89.3 Å². The molecule has 1 aromatic heterocycles. The summed E-state index contributed by atoms with van der Waals surface area (Å²) in [5, 5.41) is 9.02. The van der Waals surface area contributed by atoms with Gasteiger partial charge in [0.1, 0.15) is 16.0 Å². The molecular weight excluding hydrogens is 347 g/mol. The van der Waals surface area contributed by atoms with Crippen molar-refractivity contribution in [1.82, 2.24) is 4.98 Å².